The number of anilines is 3. The number of halogens is 2. The van der Waals surface area contributed by atoms with Crippen molar-refractivity contribution in [3.05, 3.63) is 64.6 Å². The fourth-order valence-electron chi connectivity index (χ4n) is 9.93. The minimum atomic E-state index is -2.87. The Morgan fingerprint density at radius 1 is 1.03 bits per heavy atom. The quantitative estimate of drug-likeness (QED) is 0.210. The van der Waals surface area contributed by atoms with Gasteiger partial charge in [-0.1, -0.05) is 6.07 Å². The SMILES string of the molecule is Cn1c(=O)n(C2CCC(=O)NC2=O)c2cccc(N3CCN(CC4CCC(n5cc(NC(=O)c6cnn7ccc(N8C[C@H]9C[C@@H]8CO9)nc67)c(C(F)F)n5)CC4)CC3)c21. The molecule has 19 heteroatoms. The van der Waals surface area contributed by atoms with Gasteiger partial charge >= 0.3 is 5.69 Å². The maximum atomic E-state index is 14.3. The van der Waals surface area contributed by atoms with Gasteiger partial charge in [-0.25, -0.2) is 23.1 Å². The minimum absolute atomic E-state index is 0.0159. The van der Waals surface area contributed by atoms with Crippen LogP contribution in [0.25, 0.3) is 16.7 Å². The van der Waals surface area contributed by atoms with Gasteiger partial charge in [-0.15, -0.1) is 0 Å². The maximum absolute atomic E-state index is 14.3. The first-order valence-electron chi connectivity index (χ1n) is 20.5. The molecule has 1 unspecified atom stereocenters. The lowest BCUT2D eigenvalue weighted by Crippen LogP contribution is -2.48. The summed E-state index contributed by atoms with van der Waals surface area (Å²) < 4.78 is 40.6. The van der Waals surface area contributed by atoms with Crippen LogP contribution in [0, 0.1) is 5.92 Å². The van der Waals surface area contributed by atoms with E-state index >= 15 is 0 Å². The molecule has 1 aliphatic carbocycles. The Bertz CT molecular complexity index is 2510. The average molecular weight is 813 g/mol. The number of imide groups is 1. The lowest BCUT2D eigenvalue weighted by Gasteiger charge is -2.39. The molecule has 3 amide bonds. The Hall–Kier alpha value is -5.69. The number of aromatic nitrogens is 7. The number of alkyl halides is 2. The van der Waals surface area contributed by atoms with Crippen LogP contribution < -0.4 is 26.1 Å². The van der Waals surface area contributed by atoms with Gasteiger partial charge in [-0.05, 0) is 62.6 Å². The number of amides is 3. The highest BCUT2D eigenvalue weighted by Gasteiger charge is 2.40. The number of benzene rings is 1. The second-order valence-corrected chi connectivity index (χ2v) is 16.6. The summed E-state index contributed by atoms with van der Waals surface area (Å²) in [6, 6.07) is 7.08. The average Bonchev–Trinajstić information content (AvgIpc) is 4.08. The molecule has 10 rings (SSSR count). The summed E-state index contributed by atoms with van der Waals surface area (Å²) in [5.41, 5.74) is 2.16. The van der Waals surface area contributed by atoms with Crippen LogP contribution in [0.5, 0.6) is 0 Å². The highest BCUT2D eigenvalue weighted by atomic mass is 19.3. The van der Waals surface area contributed by atoms with Gasteiger partial charge in [0.1, 0.15) is 17.4 Å². The summed E-state index contributed by atoms with van der Waals surface area (Å²) in [6.45, 7) is 5.53. The van der Waals surface area contributed by atoms with Gasteiger partial charge in [-0.3, -0.25) is 38.4 Å². The number of nitrogens with zero attached hydrogens (tertiary/aromatic N) is 10. The number of fused-ring (bicyclic) bond motifs is 4. The zero-order valence-electron chi connectivity index (χ0n) is 32.7. The van der Waals surface area contributed by atoms with E-state index in [1.807, 2.05) is 24.3 Å². The van der Waals surface area contributed by atoms with E-state index in [-0.39, 0.29) is 53.9 Å². The number of hydrogen-bond donors (Lipinski definition) is 2. The number of carbonyl (C=O) groups is 3. The van der Waals surface area contributed by atoms with Crippen molar-refractivity contribution in [2.24, 2.45) is 13.0 Å². The molecule has 5 aliphatic rings. The van der Waals surface area contributed by atoms with Crippen molar-refractivity contribution >= 4 is 51.6 Å². The van der Waals surface area contributed by atoms with E-state index in [4.69, 9.17) is 9.72 Å². The van der Waals surface area contributed by atoms with E-state index in [1.54, 1.807) is 22.5 Å². The maximum Gasteiger partial charge on any atom is 0.329 e. The van der Waals surface area contributed by atoms with Crippen molar-refractivity contribution in [1.29, 1.82) is 0 Å². The molecule has 310 valence electrons. The predicted molar refractivity (Wildman–Crippen MR) is 212 cm³/mol. The van der Waals surface area contributed by atoms with E-state index in [2.05, 4.69) is 35.5 Å². The van der Waals surface area contributed by atoms with Crippen LogP contribution in [0.2, 0.25) is 0 Å². The second-order valence-electron chi connectivity index (χ2n) is 16.6. The van der Waals surface area contributed by atoms with Gasteiger partial charge < -0.3 is 19.9 Å². The van der Waals surface area contributed by atoms with Gasteiger partial charge in [0.15, 0.2) is 11.3 Å². The first kappa shape index (κ1) is 37.6. The molecule has 0 spiro atoms. The fourth-order valence-corrected chi connectivity index (χ4v) is 9.93. The van der Waals surface area contributed by atoms with Crippen LogP contribution >= 0.6 is 0 Å². The van der Waals surface area contributed by atoms with Crippen LogP contribution in [-0.2, 0) is 21.4 Å². The van der Waals surface area contributed by atoms with Crippen LogP contribution in [0.15, 0.2) is 47.7 Å². The number of imidazole rings is 1. The van der Waals surface area contributed by atoms with Crippen molar-refractivity contribution in [3.63, 3.8) is 0 Å². The number of piperidine rings is 1. The summed E-state index contributed by atoms with van der Waals surface area (Å²) in [5, 5.41) is 13.6. The first-order chi connectivity index (χ1) is 28.6. The first-order valence-corrected chi connectivity index (χ1v) is 20.5. The number of carbonyl (C=O) groups excluding carboxylic acids is 3. The van der Waals surface area contributed by atoms with E-state index < -0.39 is 30.0 Å². The van der Waals surface area contributed by atoms with Crippen molar-refractivity contribution in [1.82, 2.24) is 43.7 Å². The van der Waals surface area contributed by atoms with Crippen molar-refractivity contribution in [2.45, 2.75) is 75.6 Å². The molecule has 2 bridgehead atoms. The third-order valence-corrected chi connectivity index (χ3v) is 13.0. The molecule has 5 aromatic rings. The van der Waals surface area contributed by atoms with Crippen molar-refractivity contribution in [2.75, 3.05) is 61.0 Å². The third kappa shape index (κ3) is 6.73. The summed E-state index contributed by atoms with van der Waals surface area (Å²) in [5.74, 6) is -0.173. The molecule has 4 aliphatic heterocycles. The van der Waals surface area contributed by atoms with Gasteiger partial charge in [-0.2, -0.15) is 10.2 Å². The zero-order valence-corrected chi connectivity index (χ0v) is 32.7. The van der Waals surface area contributed by atoms with Gasteiger partial charge in [0.2, 0.25) is 11.8 Å². The molecule has 17 nitrogen and oxygen atoms in total. The summed E-state index contributed by atoms with van der Waals surface area (Å²) >= 11 is 0. The summed E-state index contributed by atoms with van der Waals surface area (Å²) in [4.78, 5) is 63.2. The number of aryl methyl sites for hydroxylation is 1. The number of nitrogens with one attached hydrogen (secondary N) is 2. The van der Waals surface area contributed by atoms with Crippen molar-refractivity contribution < 1.29 is 27.9 Å². The smallest absolute Gasteiger partial charge is 0.329 e. The molecular weight excluding hydrogens is 767 g/mol. The highest BCUT2D eigenvalue weighted by molar-refractivity contribution is 6.08. The lowest BCUT2D eigenvalue weighted by atomic mass is 9.85. The Labute approximate surface area is 336 Å². The minimum Gasteiger partial charge on any atom is -0.374 e. The molecule has 4 saturated heterocycles. The lowest BCUT2D eigenvalue weighted by molar-refractivity contribution is -0.135. The summed E-state index contributed by atoms with van der Waals surface area (Å²) in [6.07, 6.45) is 6.82. The molecular formula is C40H46F2N12O5. The summed E-state index contributed by atoms with van der Waals surface area (Å²) in [7, 11) is 1.72. The standard InChI is InChI=1S/C40H46F2N12O5/c1-48-35-29(3-2-4-30(35)54(40(48)58)31-9-10-33(55)46-39(31)57)50-15-13-49(14-16-50)19-23-5-7-24(8-6-23)53-21-28(34(47-53)36(41)42)44-38(56)27-18-43-52-12-11-32(45-37(27)52)51-20-26-17-25(51)22-59-26/h2-4,11-12,18,21,23-26,31,36H,5-10,13-17,19-20,22H2,1H3,(H,44,56)(H,46,55,57)/t23?,24?,25-,26-,31?/m1/s1. The van der Waals surface area contributed by atoms with Crippen LogP contribution in [0.3, 0.4) is 0 Å². The van der Waals surface area contributed by atoms with Crippen LogP contribution in [0.1, 0.15) is 79.5 Å². The second kappa shape index (κ2) is 14.8. The normalized spacial score (nSPS) is 25.2. The molecule has 8 heterocycles. The van der Waals surface area contributed by atoms with Gasteiger partial charge in [0.05, 0.1) is 53.4 Å². The molecule has 2 N–H and O–H groups in total. The Kier molecular flexibility index (Phi) is 9.45. The monoisotopic (exact) mass is 812 g/mol. The molecule has 1 saturated carbocycles. The number of piperazine rings is 1. The molecule has 1 aromatic carbocycles. The number of hydrogen-bond acceptors (Lipinski definition) is 11. The highest BCUT2D eigenvalue weighted by Crippen LogP contribution is 2.37. The van der Waals surface area contributed by atoms with E-state index in [0.717, 1.165) is 88.4 Å². The Balaban J connectivity index is 0.759. The largest absolute Gasteiger partial charge is 0.374 e. The molecule has 0 radical (unpaired) electrons. The van der Waals surface area contributed by atoms with Gasteiger partial charge in [0, 0.05) is 65.1 Å². The Morgan fingerprint density at radius 3 is 2.58 bits per heavy atom. The predicted octanol–water partition coefficient (Wildman–Crippen LogP) is 3.28. The third-order valence-electron chi connectivity index (χ3n) is 13.0. The number of ether oxygens (including phenoxy) is 1. The Morgan fingerprint density at radius 2 is 1.85 bits per heavy atom. The topological polar surface area (TPSA) is 169 Å². The number of para-hydroxylation sites is 1. The number of morpholine rings is 1. The number of rotatable bonds is 9. The fraction of sp³-hybridized carbons (Fsp3) is 0.525. The molecule has 59 heavy (non-hydrogen) atoms. The molecule has 5 fully saturated rings. The van der Waals surface area contributed by atoms with E-state index in [0.29, 0.717) is 23.7 Å². The van der Waals surface area contributed by atoms with Gasteiger partial charge in [0.25, 0.3) is 12.3 Å². The molecule has 3 atom stereocenters. The van der Waals surface area contributed by atoms with E-state index in [9.17, 15) is 28.0 Å². The zero-order chi connectivity index (χ0) is 40.5. The van der Waals surface area contributed by atoms with Crippen LogP contribution in [0.4, 0.5) is 26.0 Å². The van der Waals surface area contributed by atoms with Crippen LogP contribution in [-0.4, -0.2) is 114 Å². The van der Waals surface area contributed by atoms with Crippen molar-refractivity contribution in [3.8, 4) is 0 Å². The van der Waals surface area contributed by atoms with E-state index in [1.165, 1.54) is 21.5 Å². The molecule has 4 aromatic heterocycles.